The fraction of sp³-hybridized carbons (Fsp3) is 0.143. The molecule has 5 aromatic rings. The fourth-order valence-electron chi connectivity index (χ4n) is 3.98. The van der Waals surface area contributed by atoms with E-state index in [4.69, 9.17) is 16.0 Å². The van der Waals surface area contributed by atoms with Crippen molar-refractivity contribution in [1.82, 2.24) is 4.98 Å². The van der Waals surface area contributed by atoms with Crippen LogP contribution in [-0.2, 0) is 0 Å². The van der Waals surface area contributed by atoms with Gasteiger partial charge in [0, 0.05) is 11.1 Å². The molecule has 0 aliphatic heterocycles. The van der Waals surface area contributed by atoms with Gasteiger partial charge >= 0.3 is 0 Å². The number of nitrogens with zero attached hydrogens (tertiary/aromatic N) is 1. The van der Waals surface area contributed by atoms with Gasteiger partial charge in [0.15, 0.2) is 5.58 Å². The van der Waals surface area contributed by atoms with Crippen molar-refractivity contribution in [2.45, 2.75) is 26.2 Å². The molecule has 164 valence electrons. The lowest BCUT2D eigenvalue weighted by atomic mass is 9.98. The smallest absolute Gasteiger partial charge is 0.256 e. The van der Waals surface area contributed by atoms with Crippen molar-refractivity contribution >= 4 is 45.1 Å². The van der Waals surface area contributed by atoms with E-state index in [1.165, 1.54) is 5.56 Å². The molecule has 0 saturated carbocycles. The maximum Gasteiger partial charge on any atom is 0.256 e. The van der Waals surface area contributed by atoms with Crippen molar-refractivity contribution in [2.75, 3.05) is 5.32 Å². The number of hydrogen-bond donors (Lipinski definition) is 1. The summed E-state index contributed by atoms with van der Waals surface area (Å²) >= 11 is 6.42. The van der Waals surface area contributed by atoms with Crippen molar-refractivity contribution in [3.63, 3.8) is 0 Å². The van der Waals surface area contributed by atoms with E-state index in [0.717, 1.165) is 33.9 Å². The highest BCUT2D eigenvalue weighted by Crippen LogP contribution is 2.32. The highest BCUT2D eigenvalue weighted by molar-refractivity contribution is 6.34. The topological polar surface area (TPSA) is 55.1 Å². The van der Waals surface area contributed by atoms with Gasteiger partial charge < -0.3 is 9.73 Å². The summed E-state index contributed by atoms with van der Waals surface area (Å²) in [6.45, 7) is 4.37. The first-order valence-corrected chi connectivity index (χ1v) is 11.4. The van der Waals surface area contributed by atoms with Gasteiger partial charge in [0.05, 0.1) is 10.7 Å². The summed E-state index contributed by atoms with van der Waals surface area (Å²) in [5.74, 6) is 0.728. The van der Waals surface area contributed by atoms with Gasteiger partial charge in [-0.05, 0) is 65.1 Å². The maximum atomic E-state index is 13.1. The lowest BCUT2D eigenvalue weighted by Crippen LogP contribution is -2.12. The van der Waals surface area contributed by atoms with Crippen molar-refractivity contribution < 1.29 is 9.21 Å². The Morgan fingerprint density at radius 1 is 1.03 bits per heavy atom. The molecule has 4 aromatic carbocycles. The highest BCUT2D eigenvalue weighted by Gasteiger charge is 2.15. The molecule has 0 aliphatic rings. The molecule has 0 bridgehead atoms. The van der Waals surface area contributed by atoms with Crippen molar-refractivity contribution in [3.05, 3.63) is 95.0 Å². The molecule has 0 fully saturated rings. The average molecular weight is 455 g/mol. The van der Waals surface area contributed by atoms with Gasteiger partial charge in [-0.2, -0.15) is 0 Å². The molecule has 1 amide bonds. The summed E-state index contributed by atoms with van der Waals surface area (Å²) < 4.78 is 6.00. The lowest BCUT2D eigenvalue weighted by Gasteiger charge is -2.10. The number of nitrogens with one attached hydrogen (secondary N) is 1. The molecular weight excluding hydrogens is 432 g/mol. The predicted molar refractivity (Wildman–Crippen MR) is 135 cm³/mol. The monoisotopic (exact) mass is 454 g/mol. The van der Waals surface area contributed by atoms with E-state index in [0.29, 0.717) is 28.1 Å². The minimum Gasteiger partial charge on any atom is -0.436 e. The van der Waals surface area contributed by atoms with Gasteiger partial charge in [-0.1, -0.05) is 67.9 Å². The third-order valence-electron chi connectivity index (χ3n) is 6.09. The van der Waals surface area contributed by atoms with Gasteiger partial charge in [0.2, 0.25) is 5.89 Å². The van der Waals surface area contributed by atoms with Gasteiger partial charge in [-0.15, -0.1) is 0 Å². The van der Waals surface area contributed by atoms with Crippen LogP contribution in [0.1, 0.15) is 42.1 Å². The van der Waals surface area contributed by atoms with Gasteiger partial charge in [-0.3, -0.25) is 4.79 Å². The number of fused-ring (bicyclic) bond motifs is 2. The maximum absolute atomic E-state index is 13.1. The van der Waals surface area contributed by atoms with E-state index in [9.17, 15) is 4.79 Å². The molecule has 1 N–H and O–H groups in total. The van der Waals surface area contributed by atoms with Crippen molar-refractivity contribution in [3.8, 4) is 11.5 Å². The number of oxazole rings is 1. The van der Waals surface area contributed by atoms with E-state index in [1.807, 2.05) is 54.6 Å². The summed E-state index contributed by atoms with van der Waals surface area (Å²) in [5.41, 5.74) is 4.63. The molecule has 0 saturated heterocycles. The van der Waals surface area contributed by atoms with E-state index < -0.39 is 0 Å². The molecule has 33 heavy (non-hydrogen) atoms. The molecule has 0 radical (unpaired) electrons. The molecule has 4 nitrogen and oxygen atoms in total. The van der Waals surface area contributed by atoms with E-state index >= 15 is 0 Å². The third-order valence-corrected chi connectivity index (χ3v) is 6.42. The van der Waals surface area contributed by atoms with Gasteiger partial charge in [0.1, 0.15) is 5.52 Å². The Kier molecular flexibility index (Phi) is 5.61. The first kappa shape index (κ1) is 21.2. The Labute approximate surface area is 197 Å². The number of carbonyl (C=O) groups excluding carboxylic acids is 1. The number of carbonyl (C=O) groups is 1. The first-order chi connectivity index (χ1) is 16.0. The number of halogens is 1. The molecule has 1 heterocycles. The molecule has 1 atom stereocenters. The van der Waals surface area contributed by atoms with Crippen molar-refractivity contribution in [1.29, 1.82) is 0 Å². The van der Waals surface area contributed by atoms with Crippen LogP contribution in [-0.4, -0.2) is 10.9 Å². The number of benzene rings is 4. The SMILES string of the molecule is CC[C@H](C)c1ccc2oc(-c3ccc(Cl)c(NC(=O)c4cccc5ccccc45)c3)nc2c1. The Hall–Kier alpha value is -3.63. The van der Waals surface area contributed by atoms with Crippen LogP contribution in [0, 0.1) is 0 Å². The second kappa shape index (κ2) is 8.72. The predicted octanol–water partition coefficient (Wildman–Crippen LogP) is 8.07. The molecule has 0 aliphatic carbocycles. The Morgan fingerprint density at radius 2 is 1.85 bits per heavy atom. The summed E-state index contributed by atoms with van der Waals surface area (Å²) in [5, 5.41) is 5.30. The van der Waals surface area contributed by atoms with Crippen LogP contribution in [0.3, 0.4) is 0 Å². The van der Waals surface area contributed by atoms with E-state index in [1.54, 1.807) is 12.1 Å². The number of amides is 1. The zero-order chi connectivity index (χ0) is 22.9. The van der Waals surface area contributed by atoms with Crippen LogP contribution in [0.2, 0.25) is 5.02 Å². The first-order valence-electron chi connectivity index (χ1n) is 11.0. The number of anilines is 1. The van der Waals surface area contributed by atoms with Crippen LogP contribution in [0.25, 0.3) is 33.3 Å². The van der Waals surface area contributed by atoms with E-state index in [-0.39, 0.29) is 5.91 Å². The zero-order valence-electron chi connectivity index (χ0n) is 18.4. The fourth-order valence-corrected chi connectivity index (χ4v) is 4.14. The second-order valence-corrected chi connectivity index (χ2v) is 8.64. The van der Waals surface area contributed by atoms with Crippen LogP contribution < -0.4 is 5.32 Å². The Balaban J connectivity index is 1.47. The largest absolute Gasteiger partial charge is 0.436 e. The highest BCUT2D eigenvalue weighted by atomic mass is 35.5. The summed E-state index contributed by atoms with van der Waals surface area (Å²) in [6, 6.07) is 25.0. The Morgan fingerprint density at radius 3 is 2.70 bits per heavy atom. The van der Waals surface area contributed by atoms with E-state index in [2.05, 4.69) is 36.3 Å². The third kappa shape index (κ3) is 4.10. The number of aromatic nitrogens is 1. The molecule has 0 spiro atoms. The van der Waals surface area contributed by atoms with Crippen LogP contribution in [0.5, 0.6) is 0 Å². The van der Waals surface area contributed by atoms with Crippen molar-refractivity contribution in [2.24, 2.45) is 0 Å². The van der Waals surface area contributed by atoms with Crippen LogP contribution in [0.15, 0.2) is 83.3 Å². The minimum absolute atomic E-state index is 0.221. The van der Waals surface area contributed by atoms with Crippen LogP contribution >= 0.6 is 11.6 Å². The second-order valence-electron chi connectivity index (χ2n) is 8.23. The van der Waals surface area contributed by atoms with Gasteiger partial charge in [-0.25, -0.2) is 4.98 Å². The summed E-state index contributed by atoms with van der Waals surface area (Å²) in [7, 11) is 0. The quantitative estimate of drug-likeness (QED) is 0.292. The lowest BCUT2D eigenvalue weighted by molar-refractivity contribution is 0.102. The van der Waals surface area contributed by atoms with Crippen LogP contribution in [0.4, 0.5) is 5.69 Å². The molecule has 5 rings (SSSR count). The molecule has 1 aromatic heterocycles. The number of hydrogen-bond acceptors (Lipinski definition) is 3. The minimum atomic E-state index is -0.221. The molecular formula is C28H23ClN2O2. The average Bonchev–Trinajstić information content (AvgIpc) is 3.28. The zero-order valence-corrected chi connectivity index (χ0v) is 19.2. The Bertz CT molecular complexity index is 1480. The summed E-state index contributed by atoms with van der Waals surface area (Å²) in [4.78, 5) is 17.8. The molecule has 0 unspecified atom stereocenters. The molecule has 5 heteroatoms. The normalized spacial score (nSPS) is 12.2. The number of rotatable bonds is 5. The van der Waals surface area contributed by atoms with Gasteiger partial charge in [0.25, 0.3) is 5.91 Å². The standard InChI is InChI=1S/C28H23ClN2O2/c1-3-17(2)19-12-14-26-25(15-19)31-28(33-26)20-11-13-23(29)24(16-20)30-27(32)22-10-6-8-18-7-4-5-9-21(18)22/h4-17H,3H2,1-2H3,(H,30,32)/t17-/m0/s1. The summed E-state index contributed by atoms with van der Waals surface area (Å²) in [6.07, 6.45) is 1.06.